The third-order valence-electron chi connectivity index (χ3n) is 5.55. The smallest absolute Gasteiger partial charge is 0.306 e. The molecule has 1 aliphatic carbocycles. The fourth-order valence-corrected chi connectivity index (χ4v) is 5.05. The van der Waals surface area contributed by atoms with Crippen molar-refractivity contribution in [1.82, 2.24) is 4.90 Å². The van der Waals surface area contributed by atoms with Gasteiger partial charge in [0.2, 0.25) is 0 Å². The number of thiocarbonyl (C=S) groups is 1. The Bertz CT molecular complexity index is 885. The number of hydrogen-bond acceptors (Lipinski definition) is 3. The van der Waals surface area contributed by atoms with Crippen molar-refractivity contribution in [2.45, 2.75) is 37.1 Å². The lowest BCUT2D eigenvalue weighted by atomic mass is 9.82. The van der Waals surface area contributed by atoms with Crippen LogP contribution in [0, 0.1) is 11.8 Å². The van der Waals surface area contributed by atoms with Crippen LogP contribution in [-0.4, -0.2) is 33.9 Å². The Balaban J connectivity index is 1.71. The summed E-state index contributed by atoms with van der Waals surface area (Å²) in [6, 6.07) is 16.5. The van der Waals surface area contributed by atoms with Crippen LogP contribution in [0.4, 0.5) is 5.69 Å². The summed E-state index contributed by atoms with van der Waals surface area (Å²) in [7, 11) is 0. The van der Waals surface area contributed by atoms with Gasteiger partial charge in [0.05, 0.1) is 5.92 Å². The summed E-state index contributed by atoms with van der Waals surface area (Å²) in [5.41, 5.74) is 2.17. The molecule has 0 aliphatic heterocycles. The van der Waals surface area contributed by atoms with Gasteiger partial charge < -0.3 is 15.3 Å². The quantitative estimate of drug-likeness (QED) is 0.341. The topological polar surface area (TPSA) is 52.6 Å². The molecule has 0 amide bonds. The number of thioether (sulfide) groups is 1. The van der Waals surface area contributed by atoms with Crippen LogP contribution in [-0.2, 0) is 11.3 Å². The highest BCUT2D eigenvalue weighted by Crippen LogP contribution is 2.30. The van der Waals surface area contributed by atoms with Gasteiger partial charge in [-0.15, -0.1) is 11.8 Å². The molecule has 7 heteroatoms. The van der Waals surface area contributed by atoms with Gasteiger partial charge in [-0.2, -0.15) is 0 Å². The van der Waals surface area contributed by atoms with Crippen molar-refractivity contribution in [2.24, 2.45) is 11.8 Å². The third kappa shape index (κ3) is 6.72. The molecule has 1 fully saturated rings. The van der Waals surface area contributed by atoms with E-state index in [0.717, 1.165) is 42.4 Å². The average Bonchev–Trinajstić information content (AvgIpc) is 2.74. The molecule has 2 aromatic rings. The number of anilines is 1. The Morgan fingerprint density at radius 3 is 2.60 bits per heavy atom. The highest BCUT2D eigenvalue weighted by Gasteiger charge is 2.27. The van der Waals surface area contributed by atoms with Crippen LogP contribution in [0.1, 0.15) is 31.2 Å². The van der Waals surface area contributed by atoms with Gasteiger partial charge in [0.25, 0.3) is 0 Å². The maximum atomic E-state index is 11.3. The first-order valence-electron chi connectivity index (χ1n) is 10.1. The van der Waals surface area contributed by atoms with Crippen molar-refractivity contribution < 1.29 is 9.90 Å². The minimum Gasteiger partial charge on any atom is -0.481 e. The first-order valence-corrected chi connectivity index (χ1v) is 12.5. The molecule has 0 aromatic heterocycles. The minimum atomic E-state index is -0.662. The molecule has 1 aliphatic rings. The number of benzene rings is 2. The van der Waals surface area contributed by atoms with E-state index < -0.39 is 5.97 Å². The van der Waals surface area contributed by atoms with Crippen LogP contribution in [0.2, 0.25) is 0 Å². The van der Waals surface area contributed by atoms with Crippen LogP contribution in [0.25, 0.3) is 0 Å². The van der Waals surface area contributed by atoms with Crippen LogP contribution < -0.4 is 5.32 Å². The van der Waals surface area contributed by atoms with Gasteiger partial charge in [-0.1, -0.05) is 34.1 Å². The second-order valence-electron chi connectivity index (χ2n) is 7.73. The zero-order valence-corrected chi connectivity index (χ0v) is 20.2. The maximum Gasteiger partial charge on any atom is 0.306 e. The predicted molar refractivity (Wildman–Crippen MR) is 132 cm³/mol. The van der Waals surface area contributed by atoms with E-state index in [1.54, 1.807) is 11.8 Å². The SMILES string of the molecule is CSc1cccc(NC(=S)N(Cc2cccc(Br)c2)CC2CCC(C(=O)O)CC2)c1. The van der Waals surface area contributed by atoms with Gasteiger partial charge in [0.1, 0.15) is 0 Å². The molecule has 0 bridgehead atoms. The van der Waals surface area contributed by atoms with Crippen molar-refractivity contribution in [3.05, 3.63) is 58.6 Å². The summed E-state index contributed by atoms with van der Waals surface area (Å²) < 4.78 is 1.05. The Kier molecular flexibility index (Phi) is 8.60. The van der Waals surface area contributed by atoms with Gasteiger partial charge in [-0.3, -0.25) is 4.79 Å². The van der Waals surface area contributed by atoms with Crippen LogP contribution in [0.5, 0.6) is 0 Å². The van der Waals surface area contributed by atoms with Crippen LogP contribution >= 0.6 is 39.9 Å². The third-order valence-corrected chi connectivity index (χ3v) is 7.12. The molecular weight excluding hydrogens is 480 g/mol. The van der Waals surface area contributed by atoms with Gasteiger partial charge in [-0.05, 0) is 86.0 Å². The maximum absolute atomic E-state index is 11.3. The number of carboxylic acid groups (broad SMARTS) is 1. The lowest BCUT2D eigenvalue weighted by Crippen LogP contribution is -2.39. The van der Waals surface area contributed by atoms with Crippen LogP contribution in [0.15, 0.2) is 57.9 Å². The zero-order valence-electron chi connectivity index (χ0n) is 17.0. The molecule has 0 heterocycles. The summed E-state index contributed by atoms with van der Waals surface area (Å²) in [5, 5.41) is 13.4. The molecule has 2 N–H and O–H groups in total. The number of carboxylic acids is 1. The molecule has 160 valence electrons. The summed E-state index contributed by atoms with van der Waals surface area (Å²) >= 11 is 11.1. The highest BCUT2D eigenvalue weighted by atomic mass is 79.9. The predicted octanol–water partition coefficient (Wildman–Crippen LogP) is 6.26. The summed E-state index contributed by atoms with van der Waals surface area (Å²) in [6.45, 7) is 1.54. The van der Waals surface area contributed by atoms with Crippen molar-refractivity contribution >= 4 is 56.7 Å². The van der Waals surface area contributed by atoms with Gasteiger partial charge in [0.15, 0.2) is 5.11 Å². The van der Waals surface area contributed by atoms with Crippen molar-refractivity contribution in [1.29, 1.82) is 0 Å². The number of nitrogens with zero attached hydrogens (tertiary/aromatic N) is 1. The number of hydrogen-bond donors (Lipinski definition) is 2. The molecular formula is C23H27BrN2O2S2. The molecule has 3 rings (SSSR count). The molecule has 0 radical (unpaired) electrons. The first kappa shape index (κ1) is 23.1. The number of aliphatic carboxylic acids is 1. The molecule has 30 heavy (non-hydrogen) atoms. The Morgan fingerprint density at radius 1 is 1.20 bits per heavy atom. The van der Waals surface area contributed by atoms with E-state index in [0.29, 0.717) is 17.6 Å². The van der Waals surface area contributed by atoms with E-state index in [9.17, 15) is 9.90 Å². The monoisotopic (exact) mass is 506 g/mol. The molecule has 4 nitrogen and oxygen atoms in total. The standard InChI is InChI=1S/C23H27BrN2O2S2/c1-30-21-7-3-6-20(13-21)25-23(29)26(15-17-4-2-5-19(24)12-17)14-16-8-10-18(11-9-16)22(27)28/h2-7,12-13,16,18H,8-11,14-15H2,1H3,(H,25,29)(H,27,28). The van der Waals surface area contributed by atoms with Gasteiger partial charge in [-0.25, -0.2) is 0 Å². The lowest BCUT2D eigenvalue weighted by Gasteiger charge is -2.33. The molecule has 0 spiro atoms. The molecule has 2 aromatic carbocycles. The average molecular weight is 508 g/mol. The Labute approximate surface area is 196 Å². The van der Waals surface area contributed by atoms with E-state index in [1.807, 2.05) is 24.3 Å². The van der Waals surface area contributed by atoms with Crippen LogP contribution in [0.3, 0.4) is 0 Å². The van der Waals surface area contributed by atoms with Gasteiger partial charge >= 0.3 is 5.97 Å². The molecule has 0 unspecified atom stereocenters. The number of halogens is 1. The van der Waals surface area contributed by atoms with E-state index in [2.05, 4.69) is 56.7 Å². The number of nitrogens with one attached hydrogen (secondary N) is 1. The zero-order chi connectivity index (χ0) is 21.5. The fraction of sp³-hybridized carbons (Fsp3) is 0.391. The van der Waals surface area contributed by atoms with Gasteiger partial charge in [0, 0.05) is 28.1 Å². The number of carbonyl (C=O) groups is 1. The van der Waals surface area contributed by atoms with E-state index in [4.69, 9.17) is 12.2 Å². The number of rotatable bonds is 7. The summed E-state index contributed by atoms with van der Waals surface area (Å²) in [4.78, 5) is 14.7. The van der Waals surface area contributed by atoms with Crippen molar-refractivity contribution in [3.63, 3.8) is 0 Å². The second-order valence-corrected chi connectivity index (χ2v) is 9.91. The molecule has 0 saturated heterocycles. The first-order chi connectivity index (χ1) is 14.4. The Hall–Kier alpha value is -1.57. The molecule has 0 atom stereocenters. The van der Waals surface area contributed by atoms with E-state index in [-0.39, 0.29) is 5.92 Å². The summed E-state index contributed by atoms with van der Waals surface area (Å²) in [5.74, 6) is -0.408. The second kappa shape index (κ2) is 11.2. The highest BCUT2D eigenvalue weighted by molar-refractivity contribution is 9.10. The van der Waals surface area contributed by atoms with E-state index >= 15 is 0 Å². The lowest BCUT2D eigenvalue weighted by molar-refractivity contribution is -0.143. The normalized spacial score (nSPS) is 18.6. The van der Waals surface area contributed by atoms with E-state index in [1.165, 1.54) is 10.5 Å². The Morgan fingerprint density at radius 2 is 1.93 bits per heavy atom. The largest absolute Gasteiger partial charge is 0.481 e. The fourth-order valence-electron chi connectivity index (χ4n) is 3.88. The van der Waals surface area contributed by atoms with Crippen molar-refractivity contribution in [3.8, 4) is 0 Å². The minimum absolute atomic E-state index is 0.195. The molecule has 1 saturated carbocycles. The van der Waals surface area contributed by atoms with Crippen molar-refractivity contribution in [2.75, 3.05) is 18.1 Å². The summed E-state index contributed by atoms with van der Waals surface area (Å²) in [6.07, 6.45) is 5.42.